The largest absolute Gasteiger partial charge is 0.371 e. The normalized spacial score (nSPS) is 25.0. The molecule has 0 aromatic heterocycles. The molecule has 0 heterocycles. The zero-order chi connectivity index (χ0) is 16.0. The molecule has 0 saturated heterocycles. The van der Waals surface area contributed by atoms with E-state index < -0.39 is 29.5 Å². The molecule has 2 aliphatic carbocycles. The Morgan fingerprint density at radius 3 is 2.57 bits per heavy atom. The molecular weight excluding hydrogens is 326 g/mol. The van der Waals surface area contributed by atoms with Crippen molar-refractivity contribution in [1.29, 1.82) is 0 Å². The van der Waals surface area contributed by atoms with Gasteiger partial charge >= 0.3 is 5.92 Å². The minimum absolute atomic E-state index is 0. The van der Waals surface area contributed by atoms with Crippen LogP contribution in [-0.4, -0.2) is 30.6 Å². The minimum atomic E-state index is -3.55. The molecule has 1 aromatic rings. The smallest absolute Gasteiger partial charge is 0.352 e. The Morgan fingerprint density at radius 1 is 1.39 bits per heavy atom. The first-order valence-corrected chi connectivity index (χ1v) is 7.48. The van der Waals surface area contributed by atoms with Crippen molar-refractivity contribution in [2.45, 2.75) is 49.3 Å². The van der Waals surface area contributed by atoms with Gasteiger partial charge in [-0.05, 0) is 36.8 Å². The van der Waals surface area contributed by atoms with Crippen molar-refractivity contribution >= 4 is 18.3 Å². The highest BCUT2D eigenvalue weighted by Gasteiger charge is 2.63. The van der Waals surface area contributed by atoms with Crippen LogP contribution in [0.1, 0.15) is 36.4 Å². The van der Waals surface area contributed by atoms with Crippen molar-refractivity contribution in [3.05, 3.63) is 35.4 Å². The van der Waals surface area contributed by atoms with E-state index in [0.29, 0.717) is 12.8 Å². The van der Waals surface area contributed by atoms with Gasteiger partial charge < -0.3 is 15.8 Å². The molecule has 2 atom stereocenters. The Hall–Kier alpha value is -1.24. The fourth-order valence-electron chi connectivity index (χ4n) is 3.38. The highest BCUT2D eigenvalue weighted by atomic mass is 35.5. The number of carbonyl (C=O) groups excluding carboxylic acids is 1. The van der Waals surface area contributed by atoms with Crippen LogP contribution in [0.5, 0.6) is 0 Å². The van der Waals surface area contributed by atoms with Crippen molar-refractivity contribution in [2.24, 2.45) is 5.73 Å². The van der Waals surface area contributed by atoms with Crippen molar-refractivity contribution in [2.75, 3.05) is 7.11 Å². The summed E-state index contributed by atoms with van der Waals surface area (Å²) in [4.78, 5) is 12.1. The van der Waals surface area contributed by atoms with E-state index >= 15 is 0 Å². The van der Waals surface area contributed by atoms with Crippen molar-refractivity contribution in [3.8, 4) is 0 Å². The number of hydrogen-bond acceptors (Lipinski definition) is 3. The van der Waals surface area contributed by atoms with Gasteiger partial charge in [0.1, 0.15) is 5.60 Å². The summed E-state index contributed by atoms with van der Waals surface area (Å²) in [6.45, 7) is 0. The SMILES string of the molecule is COC1(C(F)(F)C(=O)N[C@@H]2Cc3ccccc3[C@H]2N)CCC1.Cl. The molecule has 3 rings (SSSR count). The average Bonchev–Trinajstić information content (AvgIpc) is 2.75. The monoisotopic (exact) mass is 346 g/mol. The van der Waals surface area contributed by atoms with Crippen LogP contribution < -0.4 is 11.1 Å². The summed E-state index contributed by atoms with van der Waals surface area (Å²) in [5.74, 6) is -4.84. The topological polar surface area (TPSA) is 64.3 Å². The summed E-state index contributed by atoms with van der Waals surface area (Å²) in [7, 11) is 1.23. The van der Waals surface area contributed by atoms with Crippen LogP contribution in [0.2, 0.25) is 0 Å². The summed E-state index contributed by atoms with van der Waals surface area (Å²) in [5.41, 5.74) is 6.32. The van der Waals surface area contributed by atoms with Crippen molar-refractivity contribution < 1.29 is 18.3 Å². The Morgan fingerprint density at radius 2 is 2.04 bits per heavy atom. The van der Waals surface area contributed by atoms with Crippen LogP contribution in [0.15, 0.2) is 24.3 Å². The first-order chi connectivity index (χ1) is 10.4. The lowest BCUT2D eigenvalue weighted by atomic mass is 9.74. The molecule has 0 unspecified atom stereocenters. The second kappa shape index (κ2) is 6.34. The molecule has 128 valence electrons. The van der Waals surface area contributed by atoms with Gasteiger partial charge in [0.2, 0.25) is 0 Å². The van der Waals surface area contributed by atoms with Gasteiger partial charge in [0, 0.05) is 7.11 Å². The summed E-state index contributed by atoms with van der Waals surface area (Å²) >= 11 is 0. The maximum Gasteiger partial charge on any atom is 0.352 e. The molecule has 0 spiro atoms. The molecule has 0 bridgehead atoms. The third-order valence-electron chi connectivity index (χ3n) is 5.01. The maximum atomic E-state index is 14.4. The van der Waals surface area contributed by atoms with E-state index in [4.69, 9.17) is 10.5 Å². The molecule has 1 saturated carbocycles. The van der Waals surface area contributed by atoms with E-state index in [1.165, 1.54) is 7.11 Å². The number of benzene rings is 1. The molecule has 4 nitrogen and oxygen atoms in total. The molecule has 1 fully saturated rings. The number of fused-ring (bicyclic) bond motifs is 1. The van der Waals surface area contributed by atoms with E-state index in [1.807, 2.05) is 24.3 Å². The van der Waals surface area contributed by atoms with Gasteiger partial charge in [0.25, 0.3) is 5.91 Å². The second-order valence-electron chi connectivity index (χ2n) is 6.14. The van der Waals surface area contributed by atoms with Gasteiger partial charge in [-0.25, -0.2) is 0 Å². The predicted octanol–water partition coefficient (Wildman–Crippen LogP) is 2.35. The van der Waals surface area contributed by atoms with Gasteiger partial charge in [0.15, 0.2) is 0 Å². The van der Waals surface area contributed by atoms with E-state index in [2.05, 4.69) is 5.32 Å². The minimum Gasteiger partial charge on any atom is -0.371 e. The first-order valence-electron chi connectivity index (χ1n) is 7.48. The van der Waals surface area contributed by atoms with Crippen LogP contribution in [0.4, 0.5) is 8.78 Å². The third-order valence-corrected chi connectivity index (χ3v) is 5.01. The first kappa shape index (κ1) is 18.1. The Bertz CT molecular complexity index is 588. The number of hydrogen-bond donors (Lipinski definition) is 2. The van der Waals surface area contributed by atoms with Crippen molar-refractivity contribution in [1.82, 2.24) is 5.32 Å². The molecule has 1 aromatic carbocycles. The summed E-state index contributed by atoms with van der Waals surface area (Å²) in [5, 5.41) is 2.43. The lowest BCUT2D eigenvalue weighted by Gasteiger charge is -2.45. The Balaban J connectivity index is 0.00000192. The van der Waals surface area contributed by atoms with E-state index in [1.54, 1.807) is 0 Å². The fraction of sp³-hybridized carbons (Fsp3) is 0.562. The average molecular weight is 347 g/mol. The highest BCUT2D eigenvalue weighted by Crippen LogP contribution is 2.47. The number of carbonyl (C=O) groups is 1. The predicted molar refractivity (Wildman–Crippen MR) is 84.8 cm³/mol. The number of nitrogens with two attached hydrogens (primary N) is 1. The molecule has 23 heavy (non-hydrogen) atoms. The summed E-state index contributed by atoms with van der Waals surface area (Å²) < 4.78 is 33.9. The third kappa shape index (κ3) is 2.73. The number of halogens is 3. The summed E-state index contributed by atoms with van der Waals surface area (Å²) in [6.07, 6.45) is 1.51. The van der Waals surface area contributed by atoms with Crippen LogP contribution >= 0.6 is 12.4 Å². The van der Waals surface area contributed by atoms with Crippen molar-refractivity contribution in [3.63, 3.8) is 0 Å². The molecule has 1 amide bonds. The number of methoxy groups -OCH3 is 1. The van der Waals surface area contributed by atoms with Gasteiger partial charge in [-0.2, -0.15) is 8.78 Å². The number of amides is 1. The molecular formula is C16H21ClF2N2O2. The molecule has 0 radical (unpaired) electrons. The quantitative estimate of drug-likeness (QED) is 0.879. The standard InChI is InChI=1S/C16H20F2N2O2.ClH/c1-22-15(7-4-8-15)16(17,18)14(21)20-12-9-10-5-2-3-6-11(10)13(12)19;/h2-3,5-6,12-13H,4,7-9,19H2,1H3,(H,20,21);1H/t12-,13-;/m1./s1. The molecule has 3 N–H and O–H groups in total. The Labute approximate surface area is 140 Å². The fourth-order valence-corrected chi connectivity index (χ4v) is 3.38. The number of rotatable bonds is 4. The van der Waals surface area contributed by atoms with Crippen LogP contribution in [-0.2, 0) is 16.0 Å². The Kier molecular flexibility index (Phi) is 4.99. The zero-order valence-electron chi connectivity index (χ0n) is 12.9. The zero-order valence-corrected chi connectivity index (χ0v) is 13.7. The number of nitrogens with one attached hydrogen (secondary N) is 1. The molecule has 0 aliphatic heterocycles. The van der Waals surface area contributed by atoms with Gasteiger partial charge in [-0.3, -0.25) is 4.79 Å². The van der Waals surface area contributed by atoms with Crippen LogP contribution in [0, 0.1) is 0 Å². The van der Waals surface area contributed by atoms with Crippen LogP contribution in [0.25, 0.3) is 0 Å². The van der Waals surface area contributed by atoms with Gasteiger partial charge in [0.05, 0.1) is 12.1 Å². The van der Waals surface area contributed by atoms with E-state index in [9.17, 15) is 13.6 Å². The van der Waals surface area contributed by atoms with Crippen LogP contribution in [0.3, 0.4) is 0 Å². The van der Waals surface area contributed by atoms with E-state index in [0.717, 1.165) is 11.1 Å². The van der Waals surface area contributed by atoms with E-state index in [-0.39, 0.29) is 25.2 Å². The second-order valence-corrected chi connectivity index (χ2v) is 6.14. The lowest BCUT2D eigenvalue weighted by molar-refractivity contribution is -0.228. The molecule has 7 heteroatoms. The maximum absolute atomic E-state index is 14.4. The van der Waals surface area contributed by atoms with Gasteiger partial charge in [-0.1, -0.05) is 24.3 Å². The lowest BCUT2D eigenvalue weighted by Crippen LogP contribution is -2.63. The highest BCUT2D eigenvalue weighted by molar-refractivity contribution is 5.86. The van der Waals surface area contributed by atoms with Gasteiger partial charge in [-0.15, -0.1) is 12.4 Å². The molecule has 2 aliphatic rings. The number of ether oxygens (including phenoxy) is 1. The summed E-state index contributed by atoms with van der Waals surface area (Å²) in [6, 6.07) is 6.53. The number of alkyl halides is 2.